The van der Waals surface area contributed by atoms with E-state index < -0.39 is 0 Å². The molecule has 1 atom stereocenters. The average Bonchev–Trinajstić information content (AvgIpc) is 2.95. The number of carbonyl (C=O) groups excluding carboxylic acids is 1. The Hall–Kier alpha value is -1.99. The second kappa shape index (κ2) is 7.52. The average molecular weight is 340 g/mol. The number of carbonyl (C=O) groups is 1. The molecule has 1 aliphatic rings. The van der Waals surface area contributed by atoms with Gasteiger partial charge in [0.15, 0.2) is 5.69 Å². The Labute approximate surface area is 140 Å². The van der Waals surface area contributed by atoms with Gasteiger partial charge in [-0.3, -0.25) is 4.79 Å². The molecule has 8 heteroatoms. The summed E-state index contributed by atoms with van der Waals surface area (Å²) in [5.74, 6) is -0.400. The fourth-order valence-corrected chi connectivity index (χ4v) is 2.59. The van der Waals surface area contributed by atoms with Crippen LogP contribution in [0.2, 0.25) is 0 Å². The molecule has 0 radical (unpaired) electrons. The molecule has 1 amide bonds. The fraction of sp³-hybridized carbons (Fsp3) is 0.400. The molecule has 1 fully saturated rings. The summed E-state index contributed by atoms with van der Waals surface area (Å²) in [5, 5.41) is 11.2. The minimum Gasteiger partial charge on any atom is -0.332 e. The van der Waals surface area contributed by atoms with Gasteiger partial charge in [0.2, 0.25) is 0 Å². The largest absolute Gasteiger partial charge is 0.332 e. The third-order valence-corrected chi connectivity index (χ3v) is 3.75. The van der Waals surface area contributed by atoms with Crippen molar-refractivity contribution in [3.63, 3.8) is 0 Å². The van der Waals surface area contributed by atoms with E-state index >= 15 is 0 Å². The summed E-state index contributed by atoms with van der Waals surface area (Å²) in [7, 11) is 0. The molecule has 6 nitrogen and oxygen atoms in total. The van der Waals surface area contributed by atoms with Gasteiger partial charge in [0.1, 0.15) is 5.82 Å². The van der Waals surface area contributed by atoms with Crippen LogP contribution in [0.4, 0.5) is 4.39 Å². The van der Waals surface area contributed by atoms with E-state index in [2.05, 4.69) is 15.6 Å². The lowest BCUT2D eigenvalue weighted by atomic mass is 10.2. The number of nitrogens with zero attached hydrogens (tertiary/aromatic N) is 4. The molecule has 1 saturated heterocycles. The SMILES string of the molecule is C[C@@H]1CNCCN1C(=O)c1cn(Cc2cccc(F)c2)nn1.Cl. The van der Waals surface area contributed by atoms with Crippen molar-refractivity contribution < 1.29 is 9.18 Å². The molecule has 0 unspecified atom stereocenters. The van der Waals surface area contributed by atoms with E-state index in [1.54, 1.807) is 21.8 Å². The van der Waals surface area contributed by atoms with Gasteiger partial charge >= 0.3 is 0 Å². The van der Waals surface area contributed by atoms with E-state index in [0.717, 1.165) is 18.7 Å². The molecular weight excluding hydrogens is 321 g/mol. The minimum absolute atomic E-state index is 0. The molecule has 1 aromatic carbocycles. The molecule has 0 saturated carbocycles. The van der Waals surface area contributed by atoms with E-state index in [1.807, 2.05) is 13.0 Å². The molecule has 2 heterocycles. The van der Waals surface area contributed by atoms with Crippen LogP contribution in [-0.4, -0.2) is 51.5 Å². The Morgan fingerprint density at radius 1 is 1.48 bits per heavy atom. The van der Waals surface area contributed by atoms with Crippen molar-refractivity contribution in [2.45, 2.75) is 19.5 Å². The maximum absolute atomic E-state index is 13.2. The van der Waals surface area contributed by atoms with Gasteiger partial charge in [-0.15, -0.1) is 17.5 Å². The molecule has 124 valence electrons. The van der Waals surface area contributed by atoms with Crippen LogP contribution in [0.1, 0.15) is 23.0 Å². The van der Waals surface area contributed by atoms with Crippen molar-refractivity contribution in [1.29, 1.82) is 0 Å². The van der Waals surface area contributed by atoms with E-state index in [9.17, 15) is 9.18 Å². The van der Waals surface area contributed by atoms with Crippen molar-refractivity contribution in [2.24, 2.45) is 0 Å². The van der Waals surface area contributed by atoms with Crippen LogP contribution >= 0.6 is 12.4 Å². The third kappa shape index (κ3) is 4.05. The number of halogens is 2. The zero-order valence-electron chi connectivity index (χ0n) is 12.8. The lowest BCUT2D eigenvalue weighted by Crippen LogP contribution is -2.52. The topological polar surface area (TPSA) is 63.1 Å². The van der Waals surface area contributed by atoms with Gasteiger partial charge in [-0.2, -0.15) is 0 Å². The molecule has 2 aromatic rings. The molecule has 1 aliphatic heterocycles. The lowest BCUT2D eigenvalue weighted by molar-refractivity contribution is 0.0649. The summed E-state index contributed by atoms with van der Waals surface area (Å²) < 4.78 is 14.7. The first-order valence-corrected chi connectivity index (χ1v) is 7.30. The maximum Gasteiger partial charge on any atom is 0.276 e. The highest BCUT2D eigenvalue weighted by atomic mass is 35.5. The molecule has 1 aromatic heterocycles. The van der Waals surface area contributed by atoms with Crippen molar-refractivity contribution in [1.82, 2.24) is 25.2 Å². The Balaban J connectivity index is 0.00000192. The smallest absolute Gasteiger partial charge is 0.276 e. The van der Waals surface area contributed by atoms with E-state index in [0.29, 0.717) is 18.8 Å². The number of rotatable bonds is 3. The monoisotopic (exact) mass is 339 g/mol. The summed E-state index contributed by atoms with van der Waals surface area (Å²) in [6.07, 6.45) is 1.61. The van der Waals surface area contributed by atoms with Gasteiger partial charge < -0.3 is 10.2 Å². The van der Waals surface area contributed by atoms with Gasteiger partial charge in [-0.1, -0.05) is 17.3 Å². The predicted molar refractivity (Wildman–Crippen MR) is 86.1 cm³/mol. The summed E-state index contributed by atoms with van der Waals surface area (Å²) in [6, 6.07) is 6.43. The van der Waals surface area contributed by atoms with Gasteiger partial charge in [0.25, 0.3) is 5.91 Å². The van der Waals surface area contributed by atoms with E-state index in [4.69, 9.17) is 0 Å². The second-order valence-electron chi connectivity index (χ2n) is 5.48. The minimum atomic E-state index is -0.288. The number of aromatic nitrogens is 3. The van der Waals surface area contributed by atoms with Crippen molar-refractivity contribution in [3.8, 4) is 0 Å². The number of piperazine rings is 1. The highest BCUT2D eigenvalue weighted by molar-refractivity contribution is 5.92. The van der Waals surface area contributed by atoms with Crippen LogP contribution in [0.25, 0.3) is 0 Å². The quantitative estimate of drug-likeness (QED) is 0.916. The highest BCUT2D eigenvalue weighted by Crippen LogP contribution is 2.10. The van der Waals surface area contributed by atoms with Crippen LogP contribution in [0.5, 0.6) is 0 Å². The van der Waals surface area contributed by atoms with Crippen molar-refractivity contribution >= 4 is 18.3 Å². The summed E-state index contributed by atoms with van der Waals surface area (Å²) in [6.45, 7) is 4.61. The van der Waals surface area contributed by atoms with Crippen molar-refractivity contribution in [2.75, 3.05) is 19.6 Å². The number of hydrogen-bond donors (Lipinski definition) is 1. The normalized spacial score (nSPS) is 17.7. The second-order valence-corrected chi connectivity index (χ2v) is 5.48. The molecule has 1 N–H and O–H groups in total. The standard InChI is InChI=1S/C15H18FN5O.ClH/c1-11-8-17-5-6-21(11)15(22)14-10-20(19-18-14)9-12-3-2-4-13(16)7-12;/h2-4,7,10-11,17H,5-6,8-9H2,1H3;1H/t11-;/m1./s1. The summed E-state index contributed by atoms with van der Waals surface area (Å²) in [4.78, 5) is 14.3. The number of benzene rings is 1. The van der Waals surface area contributed by atoms with E-state index in [-0.39, 0.29) is 30.2 Å². The number of amides is 1. The summed E-state index contributed by atoms with van der Waals surface area (Å²) in [5.41, 5.74) is 1.10. The summed E-state index contributed by atoms with van der Waals surface area (Å²) >= 11 is 0. The zero-order valence-corrected chi connectivity index (χ0v) is 13.6. The first-order valence-electron chi connectivity index (χ1n) is 7.30. The zero-order chi connectivity index (χ0) is 15.5. The third-order valence-electron chi connectivity index (χ3n) is 3.75. The van der Waals surface area contributed by atoms with Crippen LogP contribution < -0.4 is 5.32 Å². The first kappa shape index (κ1) is 17.4. The maximum atomic E-state index is 13.2. The number of nitrogens with one attached hydrogen (secondary N) is 1. The molecular formula is C15H19ClFN5O. The van der Waals surface area contributed by atoms with Crippen LogP contribution in [0.3, 0.4) is 0 Å². The predicted octanol–water partition coefficient (Wildman–Crippen LogP) is 1.32. The highest BCUT2D eigenvalue weighted by Gasteiger charge is 2.25. The van der Waals surface area contributed by atoms with Crippen LogP contribution in [0.15, 0.2) is 30.5 Å². The Morgan fingerprint density at radius 3 is 3.04 bits per heavy atom. The van der Waals surface area contributed by atoms with E-state index in [1.165, 1.54) is 12.1 Å². The van der Waals surface area contributed by atoms with Crippen molar-refractivity contribution in [3.05, 3.63) is 47.5 Å². The molecule has 0 aliphatic carbocycles. The Kier molecular flexibility index (Phi) is 5.68. The number of hydrogen-bond acceptors (Lipinski definition) is 4. The Morgan fingerprint density at radius 2 is 2.30 bits per heavy atom. The lowest BCUT2D eigenvalue weighted by Gasteiger charge is -2.33. The molecule has 3 rings (SSSR count). The van der Waals surface area contributed by atoms with Crippen LogP contribution in [-0.2, 0) is 6.54 Å². The van der Waals surface area contributed by atoms with Gasteiger partial charge in [-0.25, -0.2) is 9.07 Å². The first-order chi connectivity index (χ1) is 10.6. The molecule has 0 bridgehead atoms. The molecule has 23 heavy (non-hydrogen) atoms. The van der Waals surface area contributed by atoms with Gasteiger partial charge in [-0.05, 0) is 24.6 Å². The Bertz CT molecular complexity index is 677. The van der Waals surface area contributed by atoms with Gasteiger partial charge in [0, 0.05) is 25.7 Å². The van der Waals surface area contributed by atoms with Crippen LogP contribution in [0, 0.1) is 5.82 Å². The van der Waals surface area contributed by atoms with Gasteiger partial charge in [0.05, 0.1) is 12.7 Å². The fourth-order valence-electron chi connectivity index (χ4n) is 2.59. The molecule has 0 spiro atoms.